The summed E-state index contributed by atoms with van der Waals surface area (Å²) in [4.78, 5) is 28.5. The van der Waals surface area contributed by atoms with Gasteiger partial charge in [-0.05, 0) is 42.7 Å². The zero-order valence-corrected chi connectivity index (χ0v) is 18.0. The van der Waals surface area contributed by atoms with Gasteiger partial charge in [-0.2, -0.15) is 0 Å². The van der Waals surface area contributed by atoms with Crippen molar-refractivity contribution in [2.45, 2.75) is 25.2 Å². The number of nitrogens with zero attached hydrogens (tertiary/aromatic N) is 1. The average Bonchev–Trinajstić information content (AvgIpc) is 2.71. The van der Waals surface area contributed by atoms with Gasteiger partial charge in [0, 0.05) is 29.6 Å². The van der Waals surface area contributed by atoms with Gasteiger partial charge in [0.2, 0.25) is 0 Å². The van der Waals surface area contributed by atoms with Crippen molar-refractivity contribution in [3.05, 3.63) is 58.5 Å². The Morgan fingerprint density at radius 2 is 2.00 bits per heavy atom. The molecule has 29 heavy (non-hydrogen) atoms. The molecule has 1 N–H and O–H groups in total. The smallest absolute Gasteiger partial charge is 0.264 e. The lowest BCUT2D eigenvalue weighted by atomic mass is 10.1. The second-order valence-corrected chi connectivity index (χ2v) is 8.42. The molecule has 0 aliphatic carbocycles. The quantitative estimate of drug-likeness (QED) is 0.708. The fourth-order valence-corrected chi connectivity index (χ4v) is 4.12. The molecule has 6 heteroatoms. The first-order valence-electron chi connectivity index (χ1n) is 9.63. The van der Waals surface area contributed by atoms with Gasteiger partial charge < -0.3 is 15.0 Å². The Bertz CT molecular complexity index is 953. The molecule has 1 aliphatic heterocycles. The average molecular weight is 411 g/mol. The maximum atomic E-state index is 12.9. The molecule has 0 unspecified atom stereocenters. The minimum Gasteiger partial charge on any atom is -0.496 e. The number of likely N-dealkylation sites (N-methyl/N-ethyl adjacent to an activating group) is 1. The van der Waals surface area contributed by atoms with Crippen molar-refractivity contribution in [3.63, 3.8) is 0 Å². The number of nitrogens with one attached hydrogen (secondary N) is 1. The number of carbonyl (C=O) groups excluding carboxylic acids is 2. The van der Waals surface area contributed by atoms with E-state index in [0.717, 1.165) is 28.3 Å². The highest BCUT2D eigenvalue weighted by Gasteiger charge is 2.27. The number of anilines is 1. The lowest BCUT2D eigenvalue weighted by Crippen LogP contribution is -2.31. The molecular formula is C23H26N2O3S. The molecule has 0 fully saturated rings. The number of fused-ring (bicyclic) bond motifs is 1. The Morgan fingerprint density at radius 1 is 1.24 bits per heavy atom. The number of para-hydroxylation sites is 1. The van der Waals surface area contributed by atoms with Gasteiger partial charge in [-0.25, -0.2) is 0 Å². The number of hydrogen-bond acceptors (Lipinski definition) is 4. The van der Waals surface area contributed by atoms with Crippen LogP contribution in [0.3, 0.4) is 0 Å². The molecular weight excluding hydrogens is 384 g/mol. The van der Waals surface area contributed by atoms with Gasteiger partial charge in [0.25, 0.3) is 11.8 Å². The van der Waals surface area contributed by atoms with Crippen LogP contribution in [-0.4, -0.2) is 32.5 Å². The predicted molar refractivity (Wildman–Crippen MR) is 118 cm³/mol. The van der Waals surface area contributed by atoms with Crippen LogP contribution in [0.2, 0.25) is 0 Å². The zero-order valence-electron chi connectivity index (χ0n) is 17.2. The SMILES string of the molecule is COc1ccccc1/C=C1/Sc2ccc(C(=O)NCCC(C)C)cc2N(C)C1=O. The molecule has 0 saturated heterocycles. The van der Waals surface area contributed by atoms with Crippen LogP contribution in [0.4, 0.5) is 5.69 Å². The summed E-state index contributed by atoms with van der Waals surface area (Å²) in [6.07, 6.45) is 2.78. The van der Waals surface area contributed by atoms with Crippen LogP contribution in [0.1, 0.15) is 36.2 Å². The molecule has 0 radical (unpaired) electrons. The van der Waals surface area contributed by atoms with Crippen LogP contribution < -0.4 is 15.0 Å². The third kappa shape index (κ3) is 4.82. The van der Waals surface area contributed by atoms with Crippen molar-refractivity contribution in [3.8, 4) is 5.75 Å². The van der Waals surface area contributed by atoms with Crippen LogP contribution in [0.5, 0.6) is 5.75 Å². The number of amides is 2. The van der Waals surface area contributed by atoms with Crippen LogP contribution in [0.25, 0.3) is 6.08 Å². The summed E-state index contributed by atoms with van der Waals surface area (Å²) in [5.41, 5.74) is 2.16. The molecule has 0 atom stereocenters. The maximum absolute atomic E-state index is 12.9. The van der Waals surface area contributed by atoms with E-state index in [2.05, 4.69) is 19.2 Å². The van der Waals surface area contributed by atoms with E-state index in [0.29, 0.717) is 22.9 Å². The monoisotopic (exact) mass is 410 g/mol. The Balaban J connectivity index is 1.84. The zero-order chi connectivity index (χ0) is 21.0. The topological polar surface area (TPSA) is 58.6 Å². The van der Waals surface area contributed by atoms with E-state index in [1.807, 2.05) is 36.4 Å². The van der Waals surface area contributed by atoms with E-state index in [1.54, 1.807) is 31.2 Å². The van der Waals surface area contributed by atoms with Gasteiger partial charge in [-0.1, -0.05) is 43.8 Å². The molecule has 0 spiro atoms. The lowest BCUT2D eigenvalue weighted by molar-refractivity contribution is -0.114. The standard InChI is InChI=1S/C23H26N2O3S/c1-15(2)11-12-24-22(26)17-9-10-20-18(13-17)25(3)23(27)21(29-20)14-16-7-5-6-8-19(16)28-4/h5-10,13-15H,11-12H2,1-4H3,(H,24,26)/b21-14+. The minimum atomic E-state index is -0.116. The number of thioether (sulfide) groups is 1. The summed E-state index contributed by atoms with van der Waals surface area (Å²) in [6, 6.07) is 13.1. The molecule has 0 bridgehead atoms. The summed E-state index contributed by atoms with van der Waals surface area (Å²) in [5.74, 6) is 1.03. The molecule has 3 rings (SSSR count). The molecule has 2 aromatic carbocycles. The number of ether oxygens (including phenoxy) is 1. The summed E-state index contributed by atoms with van der Waals surface area (Å²) < 4.78 is 5.38. The van der Waals surface area contributed by atoms with E-state index < -0.39 is 0 Å². The van der Waals surface area contributed by atoms with Crippen molar-refractivity contribution >= 4 is 35.3 Å². The van der Waals surface area contributed by atoms with Gasteiger partial charge in [0.05, 0.1) is 17.7 Å². The predicted octanol–water partition coefficient (Wildman–Crippen LogP) is 4.58. The highest BCUT2D eigenvalue weighted by atomic mass is 32.2. The highest BCUT2D eigenvalue weighted by Crippen LogP contribution is 2.42. The minimum absolute atomic E-state index is 0.106. The molecule has 152 valence electrons. The van der Waals surface area contributed by atoms with Crippen LogP contribution >= 0.6 is 11.8 Å². The van der Waals surface area contributed by atoms with Crippen LogP contribution in [0, 0.1) is 5.92 Å². The molecule has 1 aliphatic rings. The number of methoxy groups -OCH3 is 1. The van der Waals surface area contributed by atoms with Crippen LogP contribution in [-0.2, 0) is 4.79 Å². The number of hydrogen-bond donors (Lipinski definition) is 1. The first kappa shape index (κ1) is 21.0. The van der Waals surface area contributed by atoms with E-state index >= 15 is 0 Å². The maximum Gasteiger partial charge on any atom is 0.264 e. The van der Waals surface area contributed by atoms with E-state index in [9.17, 15) is 9.59 Å². The second-order valence-electron chi connectivity index (χ2n) is 7.34. The molecule has 5 nitrogen and oxygen atoms in total. The van der Waals surface area contributed by atoms with Crippen molar-refractivity contribution in [2.24, 2.45) is 5.92 Å². The largest absolute Gasteiger partial charge is 0.496 e. The summed E-state index contributed by atoms with van der Waals surface area (Å²) in [7, 11) is 3.35. The first-order chi connectivity index (χ1) is 13.9. The lowest BCUT2D eigenvalue weighted by Gasteiger charge is -2.27. The van der Waals surface area contributed by atoms with Crippen molar-refractivity contribution in [1.29, 1.82) is 0 Å². The number of benzene rings is 2. The molecule has 0 saturated carbocycles. The Morgan fingerprint density at radius 3 is 2.72 bits per heavy atom. The third-order valence-corrected chi connectivity index (χ3v) is 5.83. The second kappa shape index (κ2) is 9.18. The summed E-state index contributed by atoms with van der Waals surface area (Å²) in [5, 5.41) is 2.94. The van der Waals surface area contributed by atoms with E-state index in [4.69, 9.17) is 4.74 Å². The van der Waals surface area contributed by atoms with Gasteiger partial charge in [0.15, 0.2) is 0 Å². The van der Waals surface area contributed by atoms with Gasteiger partial charge in [-0.15, -0.1) is 0 Å². The molecule has 2 amide bonds. The molecule has 1 heterocycles. The first-order valence-corrected chi connectivity index (χ1v) is 10.4. The van der Waals surface area contributed by atoms with Gasteiger partial charge in [0.1, 0.15) is 5.75 Å². The summed E-state index contributed by atoms with van der Waals surface area (Å²) in [6.45, 7) is 4.89. The fourth-order valence-electron chi connectivity index (χ4n) is 3.04. The van der Waals surface area contributed by atoms with Crippen LogP contribution in [0.15, 0.2) is 52.3 Å². The van der Waals surface area contributed by atoms with E-state index in [1.165, 1.54) is 11.8 Å². The number of rotatable bonds is 6. The van der Waals surface area contributed by atoms with E-state index in [-0.39, 0.29) is 11.8 Å². The third-order valence-electron chi connectivity index (χ3n) is 4.75. The highest BCUT2D eigenvalue weighted by molar-refractivity contribution is 8.04. The molecule has 0 aromatic heterocycles. The Hall–Kier alpha value is -2.73. The Kier molecular flexibility index (Phi) is 6.64. The number of carbonyl (C=O) groups is 2. The normalized spacial score (nSPS) is 14.9. The van der Waals surface area contributed by atoms with Crippen molar-refractivity contribution in [1.82, 2.24) is 5.32 Å². The molecule has 2 aromatic rings. The fraction of sp³-hybridized carbons (Fsp3) is 0.304. The van der Waals surface area contributed by atoms with Gasteiger partial charge in [-0.3, -0.25) is 9.59 Å². The van der Waals surface area contributed by atoms with Crippen molar-refractivity contribution in [2.75, 3.05) is 25.6 Å². The van der Waals surface area contributed by atoms with Gasteiger partial charge >= 0.3 is 0 Å². The summed E-state index contributed by atoms with van der Waals surface area (Å²) >= 11 is 1.41. The Labute approximate surface area is 176 Å². The van der Waals surface area contributed by atoms with Crippen molar-refractivity contribution < 1.29 is 14.3 Å².